The summed E-state index contributed by atoms with van der Waals surface area (Å²) in [5, 5.41) is 7.00. The van der Waals surface area contributed by atoms with Gasteiger partial charge in [0.15, 0.2) is 0 Å². The maximum absolute atomic E-state index is 7.00. The Morgan fingerprint density at radius 3 is 2.15 bits per heavy atom. The third-order valence-electron chi connectivity index (χ3n) is 1.57. The summed E-state index contributed by atoms with van der Waals surface area (Å²) < 4.78 is 5.14. The van der Waals surface area contributed by atoms with E-state index in [0.29, 0.717) is 0 Å². The molecule has 0 aromatic heterocycles. The molecule has 0 spiro atoms. The van der Waals surface area contributed by atoms with Crippen molar-refractivity contribution in [1.82, 2.24) is 0 Å². The standard InChI is InChI=1S/C9H12O.CH4O.ClH/c1-3-8-6-4-5-7-9(8)10-2;1-2;/h4-7H,3H2,1-2H3;2H,1H3;1H. The van der Waals surface area contributed by atoms with Crippen LogP contribution in [0.1, 0.15) is 12.5 Å². The van der Waals surface area contributed by atoms with Crippen LogP contribution in [0.3, 0.4) is 0 Å². The number of hydrogen-bond acceptors (Lipinski definition) is 2. The van der Waals surface area contributed by atoms with Gasteiger partial charge in [0.25, 0.3) is 0 Å². The van der Waals surface area contributed by atoms with E-state index >= 15 is 0 Å². The molecular weight excluding hydrogens is 188 g/mol. The van der Waals surface area contributed by atoms with Gasteiger partial charge in [-0.1, -0.05) is 25.1 Å². The van der Waals surface area contributed by atoms with Gasteiger partial charge in [-0.15, -0.1) is 12.4 Å². The van der Waals surface area contributed by atoms with Gasteiger partial charge in [-0.2, -0.15) is 0 Å². The molecule has 0 bridgehead atoms. The minimum Gasteiger partial charge on any atom is -0.496 e. The fourth-order valence-electron chi connectivity index (χ4n) is 0.995. The highest BCUT2D eigenvalue weighted by molar-refractivity contribution is 5.85. The predicted molar refractivity (Wildman–Crippen MR) is 57.8 cm³/mol. The van der Waals surface area contributed by atoms with Crippen LogP contribution in [0.4, 0.5) is 0 Å². The van der Waals surface area contributed by atoms with Crippen LogP contribution in [0, 0.1) is 0 Å². The van der Waals surface area contributed by atoms with E-state index in [4.69, 9.17) is 9.84 Å². The van der Waals surface area contributed by atoms with E-state index in [1.807, 2.05) is 18.2 Å². The molecule has 1 N–H and O–H groups in total. The van der Waals surface area contributed by atoms with E-state index in [1.54, 1.807) is 7.11 Å². The van der Waals surface area contributed by atoms with Gasteiger partial charge in [-0.05, 0) is 18.1 Å². The number of halogens is 1. The number of hydrogen-bond donors (Lipinski definition) is 1. The predicted octanol–water partition coefficient (Wildman–Crippen LogP) is 2.29. The Morgan fingerprint density at radius 2 is 1.77 bits per heavy atom. The third-order valence-corrected chi connectivity index (χ3v) is 1.57. The molecule has 76 valence electrons. The highest BCUT2D eigenvalue weighted by Gasteiger charge is 1.95. The SMILES string of the molecule is CCc1ccccc1OC.CO.Cl. The van der Waals surface area contributed by atoms with E-state index in [9.17, 15) is 0 Å². The number of para-hydroxylation sites is 1. The Kier molecular flexibility index (Phi) is 10.6. The van der Waals surface area contributed by atoms with Crippen LogP contribution in [0.15, 0.2) is 24.3 Å². The molecule has 0 heterocycles. The molecule has 0 aliphatic carbocycles. The Hall–Kier alpha value is -0.730. The summed E-state index contributed by atoms with van der Waals surface area (Å²) in [5.41, 5.74) is 1.27. The van der Waals surface area contributed by atoms with Crippen molar-refractivity contribution in [3.63, 3.8) is 0 Å². The molecule has 1 aromatic rings. The molecule has 3 heteroatoms. The molecule has 0 aliphatic heterocycles. The highest BCUT2D eigenvalue weighted by atomic mass is 35.5. The molecule has 0 saturated heterocycles. The molecule has 0 unspecified atom stereocenters. The summed E-state index contributed by atoms with van der Waals surface area (Å²) in [6.07, 6.45) is 1.03. The number of ether oxygens (including phenoxy) is 1. The summed E-state index contributed by atoms with van der Waals surface area (Å²) in [4.78, 5) is 0. The van der Waals surface area contributed by atoms with Crippen molar-refractivity contribution in [2.75, 3.05) is 14.2 Å². The van der Waals surface area contributed by atoms with E-state index in [2.05, 4.69) is 13.0 Å². The summed E-state index contributed by atoms with van der Waals surface area (Å²) in [6.45, 7) is 2.12. The summed E-state index contributed by atoms with van der Waals surface area (Å²) in [7, 11) is 2.70. The van der Waals surface area contributed by atoms with Crippen molar-refractivity contribution in [3.8, 4) is 5.75 Å². The minimum absolute atomic E-state index is 0. The van der Waals surface area contributed by atoms with Gasteiger partial charge in [0.2, 0.25) is 0 Å². The summed E-state index contributed by atoms with van der Waals surface area (Å²) in [6, 6.07) is 8.08. The normalized spacial score (nSPS) is 7.69. The molecule has 1 aromatic carbocycles. The van der Waals surface area contributed by atoms with Crippen molar-refractivity contribution < 1.29 is 9.84 Å². The van der Waals surface area contributed by atoms with Crippen molar-refractivity contribution in [2.24, 2.45) is 0 Å². The first-order valence-corrected chi connectivity index (χ1v) is 3.95. The third kappa shape index (κ3) is 4.76. The molecular formula is C10H17ClO2. The Morgan fingerprint density at radius 1 is 1.23 bits per heavy atom. The smallest absolute Gasteiger partial charge is 0.122 e. The Bertz CT molecular complexity index is 191. The first kappa shape index (κ1) is 14.8. The molecule has 0 saturated carbocycles. The van der Waals surface area contributed by atoms with Crippen LogP contribution in [-0.2, 0) is 6.42 Å². The zero-order chi connectivity index (χ0) is 9.40. The number of aliphatic hydroxyl groups is 1. The number of aryl methyl sites for hydroxylation is 1. The topological polar surface area (TPSA) is 29.5 Å². The van der Waals surface area contributed by atoms with Crippen molar-refractivity contribution >= 4 is 12.4 Å². The Labute approximate surface area is 86.0 Å². The van der Waals surface area contributed by atoms with Crippen molar-refractivity contribution in [3.05, 3.63) is 29.8 Å². The van der Waals surface area contributed by atoms with E-state index < -0.39 is 0 Å². The van der Waals surface area contributed by atoms with Gasteiger partial charge < -0.3 is 9.84 Å². The number of benzene rings is 1. The van der Waals surface area contributed by atoms with Gasteiger partial charge >= 0.3 is 0 Å². The van der Waals surface area contributed by atoms with Crippen LogP contribution >= 0.6 is 12.4 Å². The molecule has 0 amide bonds. The fourth-order valence-corrected chi connectivity index (χ4v) is 0.995. The molecule has 0 aliphatic rings. The zero-order valence-corrected chi connectivity index (χ0v) is 9.10. The second-order valence-electron chi connectivity index (χ2n) is 2.17. The lowest BCUT2D eigenvalue weighted by molar-refractivity contribution is 0.399. The van der Waals surface area contributed by atoms with E-state index in [1.165, 1.54) is 5.56 Å². The molecule has 1 rings (SSSR count). The number of aliphatic hydroxyl groups excluding tert-OH is 1. The lowest BCUT2D eigenvalue weighted by atomic mass is 10.1. The van der Waals surface area contributed by atoms with Gasteiger partial charge in [-0.25, -0.2) is 0 Å². The lowest BCUT2D eigenvalue weighted by Gasteiger charge is -2.03. The van der Waals surface area contributed by atoms with Crippen molar-refractivity contribution in [1.29, 1.82) is 0 Å². The molecule has 0 fully saturated rings. The van der Waals surface area contributed by atoms with Crippen LogP contribution < -0.4 is 4.74 Å². The monoisotopic (exact) mass is 204 g/mol. The highest BCUT2D eigenvalue weighted by Crippen LogP contribution is 2.16. The second-order valence-corrected chi connectivity index (χ2v) is 2.17. The van der Waals surface area contributed by atoms with E-state index in [-0.39, 0.29) is 12.4 Å². The molecule has 0 radical (unpaired) electrons. The summed E-state index contributed by atoms with van der Waals surface area (Å²) >= 11 is 0. The maximum Gasteiger partial charge on any atom is 0.122 e. The minimum atomic E-state index is 0. The largest absolute Gasteiger partial charge is 0.496 e. The summed E-state index contributed by atoms with van der Waals surface area (Å²) in [5.74, 6) is 0.991. The maximum atomic E-state index is 7.00. The van der Waals surface area contributed by atoms with Crippen LogP contribution in [-0.4, -0.2) is 19.3 Å². The van der Waals surface area contributed by atoms with Crippen molar-refractivity contribution in [2.45, 2.75) is 13.3 Å². The first-order valence-electron chi connectivity index (χ1n) is 3.95. The molecule has 13 heavy (non-hydrogen) atoms. The van der Waals surface area contributed by atoms with Gasteiger partial charge in [0.05, 0.1) is 7.11 Å². The van der Waals surface area contributed by atoms with Crippen LogP contribution in [0.5, 0.6) is 5.75 Å². The zero-order valence-electron chi connectivity index (χ0n) is 8.28. The second kappa shape index (κ2) is 9.36. The lowest BCUT2D eigenvalue weighted by Crippen LogP contribution is -1.88. The average Bonchev–Trinajstić information content (AvgIpc) is 2.20. The molecule has 2 nitrogen and oxygen atoms in total. The van der Waals surface area contributed by atoms with Gasteiger partial charge in [0.1, 0.15) is 5.75 Å². The van der Waals surface area contributed by atoms with Crippen LogP contribution in [0.25, 0.3) is 0 Å². The first-order chi connectivity index (χ1) is 5.88. The van der Waals surface area contributed by atoms with E-state index in [0.717, 1.165) is 19.3 Å². The quantitative estimate of drug-likeness (QED) is 0.801. The Balaban J connectivity index is 0. The van der Waals surface area contributed by atoms with Gasteiger partial charge in [-0.3, -0.25) is 0 Å². The van der Waals surface area contributed by atoms with Gasteiger partial charge in [0, 0.05) is 7.11 Å². The van der Waals surface area contributed by atoms with Crippen LogP contribution in [0.2, 0.25) is 0 Å². The number of rotatable bonds is 2. The molecule has 0 atom stereocenters. The number of methoxy groups -OCH3 is 1. The fraction of sp³-hybridized carbons (Fsp3) is 0.400. The average molecular weight is 205 g/mol.